The minimum absolute atomic E-state index is 0.0231. The van der Waals surface area contributed by atoms with Gasteiger partial charge >= 0.3 is 0 Å². The summed E-state index contributed by atoms with van der Waals surface area (Å²) in [6.07, 6.45) is 3.97. The molecule has 0 radical (unpaired) electrons. The third-order valence-electron chi connectivity index (χ3n) is 2.13. The van der Waals surface area contributed by atoms with Crippen molar-refractivity contribution in [3.05, 3.63) is 12.7 Å². The summed E-state index contributed by atoms with van der Waals surface area (Å²) in [7, 11) is 0. The van der Waals surface area contributed by atoms with Crippen molar-refractivity contribution in [2.24, 2.45) is 5.73 Å². The first-order chi connectivity index (χ1) is 5.96. The van der Waals surface area contributed by atoms with E-state index < -0.39 is 5.54 Å². The second-order valence-electron chi connectivity index (χ2n) is 4.20. The van der Waals surface area contributed by atoms with Crippen molar-refractivity contribution in [3.63, 3.8) is 0 Å². The molecule has 13 heavy (non-hydrogen) atoms. The molecule has 1 rings (SSSR count). The zero-order chi connectivity index (χ0) is 10.1. The van der Waals surface area contributed by atoms with Crippen LogP contribution in [0.3, 0.4) is 0 Å². The minimum atomic E-state index is -0.758. The van der Waals surface area contributed by atoms with E-state index >= 15 is 0 Å². The van der Waals surface area contributed by atoms with E-state index in [1.54, 1.807) is 19.9 Å². The molecule has 0 aliphatic heterocycles. The lowest BCUT2D eigenvalue weighted by Gasteiger charge is -2.28. The summed E-state index contributed by atoms with van der Waals surface area (Å²) in [6, 6.07) is 0.410. The predicted octanol–water partition coefficient (Wildman–Crippen LogP) is 0.901. The van der Waals surface area contributed by atoms with Gasteiger partial charge in [0, 0.05) is 12.6 Å². The van der Waals surface area contributed by atoms with Crippen LogP contribution in [-0.4, -0.2) is 28.9 Å². The lowest BCUT2D eigenvalue weighted by atomic mass is 10.1. The zero-order valence-corrected chi connectivity index (χ0v) is 8.42. The molecule has 0 saturated heterocycles. The molecule has 1 amide bonds. The normalized spacial score (nSPS) is 16.8. The van der Waals surface area contributed by atoms with Gasteiger partial charge in [-0.05, 0) is 26.7 Å². The fourth-order valence-electron chi connectivity index (χ4n) is 1.29. The molecule has 1 aliphatic rings. The van der Waals surface area contributed by atoms with Gasteiger partial charge in [0.15, 0.2) is 0 Å². The molecule has 1 aliphatic carbocycles. The van der Waals surface area contributed by atoms with Gasteiger partial charge < -0.3 is 10.6 Å². The van der Waals surface area contributed by atoms with Gasteiger partial charge in [-0.1, -0.05) is 6.08 Å². The standard InChI is InChI=1S/C10H18N2O/c1-4-7-12(8-5-6-8)9(13)10(2,3)11/h4,8H,1,5-7,11H2,2-3H3. The van der Waals surface area contributed by atoms with E-state index in [9.17, 15) is 4.79 Å². The van der Waals surface area contributed by atoms with Crippen LogP contribution in [0.2, 0.25) is 0 Å². The van der Waals surface area contributed by atoms with Gasteiger partial charge in [0.2, 0.25) is 5.91 Å². The number of carbonyl (C=O) groups is 1. The maximum atomic E-state index is 11.8. The molecule has 0 spiro atoms. The van der Waals surface area contributed by atoms with Crippen molar-refractivity contribution in [2.45, 2.75) is 38.3 Å². The average Bonchev–Trinajstić information content (AvgIpc) is 2.79. The van der Waals surface area contributed by atoms with Crippen LogP contribution in [0.1, 0.15) is 26.7 Å². The van der Waals surface area contributed by atoms with Gasteiger partial charge in [-0.15, -0.1) is 6.58 Å². The smallest absolute Gasteiger partial charge is 0.242 e. The fraction of sp³-hybridized carbons (Fsp3) is 0.700. The van der Waals surface area contributed by atoms with Crippen molar-refractivity contribution in [1.82, 2.24) is 4.90 Å². The van der Waals surface area contributed by atoms with E-state index in [0.29, 0.717) is 12.6 Å². The first-order valence-corrected chi connectivity index (χ1v) is 4.67. The Hall–Kier alpha value is -0.830. The van der Waals surface area contributed by atoms with E-state index in [-0.39, 0.29) is 5.91 Å². The number of nitrogens with zero attached hydrogens (tertiary/aromatic N) is 1. The number of carbonyl (C=O) groups excluding carboxylic acids is 1. The Morgan fingerprint density at radius 3 is 2.54 bits per heavy atom. The van der Waals surface area contributed by atoms with Crippen molar-refractivity contribution < 1.29 is 4.79 Å². The molecular formula is C10H18N2O. The lowest BCUT2D eigenvalue weighted by Crippen LogP contribution is -2.51. The Morgan fingerprint density at radius 2 is 2.23 bits per heavy atom. The van der Waals surface area contributed by atoms with Crippen LogP contribution in [0.5, 0.6) is 0 Å². The van der Waals surface area contributed by atoms with Gasteiger partial charge in [0.25, 0.3) is 0 Å². The van der Waals surface area contributed by atoms with E-state index in [1.165, 1.54) is 0 Å². The Kier molecular flexibility index (Phi) is 2.76. The SMILES string of the molecule is C=CCN(C(=O)C(C)(C)N)C1CC1. The van der Waals surface area contributed by atoms with Crippen LogP contribution in [0.4, 0.5) is 0 Å². The summed E-state index contributed by atoms with van der Waals surface area (Å²) in [5, 5.41) is 0. The highest BCUT2D eigenvalue weighted by molar-refractivity contribution is 5.85. The predicted molar refractivity (Wildman–Crippen MR) is 53.2 cm³/mol. The van der Waals surface area contributed by atoms with Crippen LogP contribution in [-0.2, 0) is 4.79 Å². The van der Waals surface area contributed by atoms with Gasteiger partial charge in [-0.25, -0.2) is 0 Å². The van der Waals surface area contributed by atoms with Gasteiger partial charge in [0.05, 0.1) is 5.54 Å². The molecule has 0 unspecified atom stereocenters. The number of amides is 1. The van der Waals surface area contributed by atoms with Crippen molar-refractivity contribution >= 4 is 5.91 Å². The van der Waals surface area contributed by atoms with Crippen LogP contribution >= 0.6 is 0 Å². The number of hydrogen-bond donors (Lipinski definition) is 1. The minimum Gasteiger partial charge on any atom is -0.334 e. The highest BCUT2D eigenvalue weighted by Crippen LogP contribution is 2.28. The zero-order valence-electron chi connectivity index (χ0n) is 8.42. The molecule has 0 atom stereocenters. The fourth-order valence-corrected chi connectivity index (χ4v) is 1.29. The molecule has 0 heterocycles. The molecule has 3 nitrogen and oxygen atoms in total. The molecule has 0 aromatic rings. The Bertz CT molecular complexity index is 213. The first kappa shape index (κ1) is 10.3. The van der Waals surface area contributed by atoms with E-state index in [0.717, 1.165) is 12.8 Å². The average molecular weight is 182 g/mol. The Balaban J connectivity index is 2.63. The maximum Gasteiger partial charge on any atom is 0.242 e. The monoisotopic (exact) mass is 182 g/mol. The maximum absolute atomic E-state index is 11.8. The summed E-state index contributed by atoms with van der Waals surface area (Å²) in [4.78, 5) is 13.6. The van der Waals surface area contributed by atoms with Gasteiger partial charge in [-0.2, -0.15) is 0 Å². The topological polar surface area (TPSA) is 46.3 Å². The second-order valence-corrected chi connectivity index (χ2v) is 4.20. The van der Waals surface area contributed by atoms with Crippen LogP contribution in [0, 0.1) is 0 Å². The Morgan fingerprint density at radius 1 is 1.69 bits per heavy atom. The second kappa shape index (κ2) is 3.50. The quantitative estimate of drug-likeness (QED) is 0.657. The molecular weight excluding hydrogens is 164 g/mol. The van der Waals surface area contributed by atoms with Crippen LogP contribution < -0.4 is 5.73 Å². The molecule has 2 N–H and O–H groups in total. The third kappa shape index (κ3) is 2.56. The highest BCUT2D eigenvalue weighted by atomic mass is 16.2. The van der Waals surface area contributed by atoms with Crippen molar-refractivity contribution in [1.29, 1.82) is 0 Å². The summed E-state index contributed by atoms with van der Waals surface area (Å²) in [5.74, 6) is 0.0231. The lowest BCUT2D eigenvalue weighted by molar-refractivity contribution is -0.135. The van der Waals surface area contributed by atoms with E-state index in [2.05, 4.69) is 6.58 Å². The number of nitrogens with two attached hydrogens (primary N) is 1. The van der Waals surface area contributed by atoms with E-state index in [1.807, 2.05) is 4.90 Å². The summed E-state index contributed by atoms with van der Waals surface area (Å²) < 4.78 is 0. The Labute approximate surface area is 79.6 Å². The third-order valence-corrected chi connectivity index (χ3v) is 2.13. The van der Waals surface area contributed by atoms with Crippen molar-refractivity contribution in [2.75, 3.05) is 6.54 Å². The molecule has 1 saturated carbocycles. The molecule has 0 aromatic heterocycles. The highest BCUT2D eigenvalue weighted by Gasteiger charge is 2.36. The van der Waals surface area contributed by atoms with Crippen LogP contribution in [0.15, 0.2) is 12.7 Å². The molecule has 0 aromatic carbocycles. The van der Waals surface area contributed by atoms with Crippen LogP contribution in [0.25, 0.3) is 0 Å². The summed E-state index contributed by atoms with van der Waals surface area (Å²) in [6.45, 7) is 7.74. The molecule has 1 fully saturated rings. The van der Waals surface area contributed by atoms with Gasteiger partial charge in [-0.3, -0.25) is 4.79 Å². The summed E-state index contributed by atoms with van der Waals surface area (Å²) >= 11 is 0. The molecule has 3 heteroatoms. The largest absolute Gasteiger partial charge is 0.334 e. The van der Waals surface area contributed by atoms with E-state index in [4.69, 9.17) is 5.73 Å². The molecule has 74 valence electrons. The number of hydrogen-bond acceptors (Lipinski definition) is 2. The molecule has 0 bridgehead atoms. The summed E-state index contributed by atoms with van der Waals surface area (Å²) in [5.41, 5.74) is 4.99. The van der Waals surface area contributed by atoms with Crippen molar-refractivity contribution in [3.8, 4) is 0 Å². The van der Waals surface area contributed by atoms with Gasteiger partial charge in [0.1, 0.15) is 0 Å². The first-order valence-electron chi connectivity index (χ1n) is 4.67. The number of rotatable bonds is 4.